The number of hydrogen-bond acceptors (Lipinski definition) is 4. The number of nitrogens with one attached hydrogen (secondary N) is 1. The Labute approximate surface area is 186 Å². The SMILES string of the molecule is CCc1ccc(N2C(=O)C(Nc3cc(C)ccc3OC)=C(c3ccc(F)cc3)C2=O)cc1. The third-order valence-electron chi connectivity index (χ3n) is 5.43. The van der Waals surface area contributed by atoms with Crippen molar-refractivity contribution in [3.05, 3.63) is 94.9 Å². The first kappa shape index (κ1) is 21.3. The van der Waals surface area contributed by atoms with Gasteiger partial charge in [-0.3, -0.25) is 9.59 Å². The quantitative estimate of drug-likeness (QED) is 0.553. The highest BCUT2D eigenvalue weighted by atomic mass is 19.1. The number of ether oxygens (including phenoxy) is 1. The normalized spacial score (nSPS) is 13.7. The van der Waals surface area contributed by atoms with E-state index in [-0.39, 0.29) is 11.3 Å². The van der Waals surface area contributed by atoms with Crippen LogP contribution in [0.5, 0.6) is 5.75 Å². The van der Waals surface area contributed by atoms with E-state index in [1.165, 1.54) is 31.4 Å². The van der Waals surface area contributed by atoms with E-state index >= 15 is 0 Å². The number of carbonyl (C=O) groups is 2. The number of nitrogens with zero attached hydrogens (tertiary/aromatic N) is 1. The second-order valence-corrected chi connectivity index (χ2v) is 7.55. The summed E-state index contributed by atoms with van der Waals surface area (Å²) >= 11 is 0. The second-order valence-electron chi connectivity index (χ2n) is 7.55. The van der Waals surface area contributed by atoms with Gasteiger partial charge >= 0.3 is 0 Å². The zero-order valence-corrected chi connectivity index (χ0v) is 18.1. The lowest BCUT2D eigenvalue weighted by atomic mass is 10.0. The first-order valence-corrected chi connectivity index (χ1v) is 10.3. The summed E-state index contributed by atoms with van der Waals surface area (Å²) in [7, 11) is 1.54. The summed E-state index contributed by atoms with van der Waals surface area (Å²) in [6.45, 7) is 3.95. The van der Waals surface area contributed by atoms with Crippen molar-refractivity contribution in [2.45, 2.75) is 20.3 Å². The highest BCUT2D eigenvalue weighted by Gasteiger charge is 2.40. The van der Waals surface area contributed by atoms with Crippen molar-refractivity contribution in [1.82, 2.24) is 0 Å². The van der Waals surface area contributed by atoms with Crippen LogP contribution >= 0.6 is 0 Å². The molecule has 3 aromatic carbocycles. The lowest BCUT2D eigenvalue weighted by molar-refractivity contribution is -0.120. The van der Waals surface area contributed by atoms with E-state index in [1.807, 2.05) is 38.1 Å². The Balaban J connectivity index is 1.83. The van der Waals surface area contributed by atoms with Gasteiger partial charge in [0.1, 0.15) is 17.3 Å². The Bertz CT molecular complexity index is 1210. The van der Waals surface area contributed by atoms with Gasteiger partial charge in [-0.25, -0.2) is 9.29 Å². The largest absolute Gasteiger partial charge is 0.495 e. The number of rotatable bonds is 6. The number of amides is 2. The van der Waals surface area contributed by atoms with Crippen LogP contribution < -0.4 is 15.0 Å². The molecule has 4 rings (SSSR count). The van der Waals surface area contributed by atoms with Crippen LogP contribution in [0, 0.1) is 12.7 Å². The summed E-state index contributed by atoms with van der Waals surface area (Å²) in [4.78, 5) is 28.1. The number of benzene rings is 3. The summed E-state index contributed by atoms with van der Waals surface area (Å²) in [6, 6.07) is 18.3. The number of anilines is 2. The fourth-order valence-electron chi connectivity index (χ4n) is 3.70. The molecule has 0 fully saturated rings. The van der Waals surface area contributed by atoms with E-state index in [0.29, 0.717) is 22.7 Å². The van der Waals surface area contributed by atoms with Crippen LogP contribution in [-0.2, 0) is 16.0 Å². The predicted octanol–water partition coefficient (Wildman–Crippen LogP) is 5.10. The molecule has 0 aromatic heterocycles. The third-order valence-corrected chi connectivity index (χ3v) is 5.43. The molecule has 32 heavy (non-hydrogen) atoms. The van der Waals surface area contributed by atoms with E-state index in [9.17, 15) is 14.0 Å². The Morgan fingerprint density at radius 1 is 0.938 bits per heavy atom. The van der Waals surface area contributed by atoms with Crippen molar-refractivity contribution in [3.8, 4) is 5.75 Å². The molecular formula is C26H23FN2O3. The van der Waals surface area contributed by atoms with Crippen molar-refractivity contribution in [2.75, 3.05) is 17.3 Å². The molecule has 0 bridgehead atoms. The van der Waals surface area contributed by atoms with Gasteiger partial charge in [-0.05, 0) is 66.4 Å². The predicted molar refractivity (Wildman–Crippen MR) is 123 cm³/mol. The maximum atomic E-state index is 13.5. The van der Waals surface area contributed by atoms with Crippen LogP contribution in [0.1, 0.15) is 23.6 Å². The smallest absolute Gasteiger partial charge is 0.282 e. The van der Waals surface area contributed by atoms with Crippen LogP contribution in [0.15, 0.2) is 72.4 Å². The molecule has 0 atom stereocenters. The Kier molecular flexibility index (Phi) is 5.77. The van der Waals surface area contributed by atoms with Gasteiger partial charge in [0.25, 0.3) is 11.8 Å². The fourth-order valence-corrected chi connectivity index (χ4v) is 3.70. The summed E-state index contributed by atoms with van der Waals surface area (Å²) in [5, 5.41) is 3.12. The highest BCUT2D eigenvalue weighted by molar-refractivity contribution is 6.46. The van der Waals surface area contributed by atoms with Crippen molar-refractivity contribution in [2.24, 2.45) is 0 Å². The molecule has 1 aliphatic rings. The van der Waals surface area contributed by atoms with Crippen LogP contribution in [0.2, 0.25) is 0 Å². The molecule has 5 nitrogen and oxygen atoms in total. The lowest BCUT2D eigenvalue weighted by Crippen LogP contribution is -2.32. The summed E-state index contributed by atoms with van der Waals surface area (Å²) in [6.07, 6.45) is 0.848. The number of carbonyl (C=O) groups excluding carboxylic acids is 2. The van der Waals surface area contributed by atoms with Crippen LogP contribution in [0.3, 0.4) is 0 Å². The zero-order valence-electron chi connectivity index (χ0n) is 18.1. The fraction of sp³-hybridized carbons (Fsp3) is 0.154. The molecule has 162 valence electrons. The molecule has 0 unspecified atom stereocenters. The van der Waals surface area contributed by atoms with Gasteiger partial charge in [0, 0.05) is 0 Å². The van der Waals surface area contributed by atoms with Crippen molar-refractivity contribution >= 4 is 28.8 Å². The molecule has 0 spiro atoms. The maximum Gasteiger partial charge on any atom is 0.282 e. The van der Waals surface area contributed by atoms with Gasteiger partial charge < -0.3 is 10.1 Å². The molecule has 2 amide bonds. The maximum absolute atomic E-state index is 13.5. The monoisotopic (exact) mass is 430 g/mol. The number of methoxy groups -OCH3 is 1. The topological polar surface area (TPSA) is 58.6 Å². The summed E-state index contributed by atoms with van der Waals surface area (Å²) in [5.41, 5.74) is 3.84. The molecule has 1 aliphatic heterocycles. The lowest BCUT2D eigenvalue weighted by Gasteiger charge is -2.16. The molecule has 1 N–H and O–H groups in total. The van der Waals surface area contributed by atoms with E-state index in [0.717, 1.165) is 22.4 Å². The molecule has 0 radical (unpaired) electrons. The minimum Gasteiger partial charge on any atom is -0.495 e. The molecule has 0 aliphatic carbocycles. The Hall–Kier alpha value is -3.93. The summed E-state index contributed by atoms with van der Waals surface area (Å²) in [5.74, 6) is -0.845. The van der Waals surface area contributed by atoms with Crippen LogP contribution in [0.25, 0.3) is 5.57 Å². The van der Waals surface area contributed by atoms with Gasteiger partial charge in [-0.2, -0.15) is 0 Å². The molecular weight excluding hydrogens is 407 g/mol. The van der Waals surface area contributed by atoms with Crippen molar-refractivity contribution in [1.29, 1.82) is 0 Å². The minimum absolute atomic E-state index is 0.116. The molecule has 0 saturated carbocycles. The van der Waals surface area contributed by atoms with Gasteiger partial charge in [0.15, 0.2) is 0 Å². The first-order chi connectivity index (χ1) is 15.4. The number of aryl methyl sites for hydroxylation is 2. The Morgan fingerprint density at radius 3 is 2.25 bits per heavy atom. The van der Waals surface area contributed by atoms with E-state index < -0.39 is 17.6 Å². The first-order valence-electron chi connectivity index (χ1n) is 10.3. The number of hydrogen-bond donors (Lipinski definition) is 1. The van der Waals surface area contributed by atoms with E-state index in [2.05, 4.69) is 5.32 Å². The average molecular weight is 430 g/mol. The van der Waals surface area contributed by atoms with Gasteiger partial charge in [-0.1, -0.05) is 37.3 Å². The number of halogens is 1. The second kappa shape index (κ2) is 8.67. The minimum atomic E-state index is -0.484. The van der Waals surface area contributed by atoms with Gasteiger partial charge in [-0.15, -0.1) is 0 Å². The van der Waals surface area contributed by atoms with Gasteiger partial charge in [0.05, 0.1) is 24.1 Å². The van der Waals surface area contributed by atoms with Crippen LogP contribution in [-0.4, -0.2) is 18.9 Å². The van der Waals surface area contributed by atoms with Crippen molar-refractivity contribution < 1.29 is 18.7 Å². The standard InChI is InChI=1S/C26H23FN2O3/c1-4-17-6-12-20(13-7-17)29-25(30)23(18-8-10-19(27)11-9-18)24(26(29)31)28-21-15-16(2)5-14-22(21)32-3/h5-15,28H,4H2,1-3H3. The molecule has 1 heterocycles. The molecule has 3 aromatic rings. The third kappa shape index (κ3) is 3.87. The van der Waals surface area contributed by atoms with E-state index in [1.54, 1.807) is 18.2 Å². The summed E-state index contributed by atoms with van der Waals surface area (Å²) < 4.78 is 19.0. The number of imide groups is 1. The van der Waals surface area contributed by atoms with Crippen molar-refractivity contribution in [3.63, 3.8) is 0 Å². The van der Waals surface area contributed by atoms with E-state index in [4.69, 9.17) is 4.74 Å². The molecule has 6 heteroatoms. The molecule has 0 saturated heterocycles. The highest BCUT2D eigenvalue weighted by Crippen LogP contribution is 2.36. The van der Waals surface area contributed by atoms with Crippen LogP contribution in [0.4, 0.5) is 15.8 Å². The van der Waals surface area contributed by atoms with Gasteiger partial charge in [0.2, 0.25) is 0 Å². The zero-order chi connectivity index (χ0) is 22.8. The average Bonchev–Trinajstić information content (AvgIpc) is 3.04. The Morgan fingerprint density at radius 2 is 1.62 bits per heavy atom.